The molecule has 0 saturated carbocycles. The summed E-state index contributed by atoms with van der Waals surface area (Å²) in [5.41, 5.74) is 1.12. The molecule has 0 amide bonds. The van der Waals surface area contributed by atoms with E-state index >= 15 is 0 Å². The molecule has 84 valence electrons. The zero-order valence-corrected chi connectivity index (χ0v) is 10.5. The third-order valence-electron chi connectivity index (χ3n) is 2.17. The number of benzene rings is 1. The van der Waals surface area contributed by atoms with Gasteiger partial charge in [0.1, 0.15) is 5.75 Å². The van der Waals surface area contributed by atoms with Gasteiger partial charge in [-0.2, -0.15) is 0 Å². The van der Waals surface area contributed by atoms with Crippen molar-refractivity contribution in [3.05, 3.63) is 28.2 Å². The molecule has 0 aliphatic rings. The molecule has 0 aromatic heterocycles. The van der Waals surface area contributed by atoms with E-state index in [1.807, 2.05) is 25.1 Å². The monoisotopic (exact) mass is 273 g/mol. The topological polar surface area (TPSA) is 41.5 Å². The second-order valence-corrected chi connectivity index (χ2v) is 4.28. The van der Waals surface area contributed by atoms with Crippen LogP contribution in [0.4, 0.5) is 0 Å². The molecule has 0 heterocycles. The number of aliphatic hydroxyl groups is 1. The Bertz CT molecular complexity index is 317. The Morgan fingerprint density at radius 2 is 2.27 bits per heavy atom. The molecular formula is C11H16BrNO2. The van der Waals surface area contributed by atoms with E-state index in [0.29, 0.717) is 6.54 Å². The van der Waals surface area contributed by atoms with Gasteiger partial charge in [-0.1, -0.05) is 15.9 Å². The average Bonchev–Trinajstić information content (AvgIpc) is 2.27. The zero-order chi connectivity index (χ0) is 11.3. The number of hydrogen-bond acceptors (Lipinski definition) is 3. The smallest absolute Gasteiger partial charge is 0.119 e. The van der Waals surface area contributed by atoms with Crippen LogP contribution in [0.15, 0.2) is 22.7 Å². The molecule has 0 spiro atoms. The van der Waals surface area contributed by atoms with Crippen LogP contribution in [-0.4, -0.2) is 24.9 Å². The van der Waals surface area contributed by atoms with E-state index in [0.717, 1.165) is 15.8 Å². The first kappa shape index (κ1) is 12.5. The number of nitrogens with one attached hydrogen (secondary N) is 1. The van der Waals surface area contributed by atoms with Crippen LogP contribution >= 0.6 is 15.9 Å². The molecule has 15 heavy (non-hydrogen) atoms. The predicted octanol–water partition coefficient (Wildman–Crippen LogP) is 1.93. The summed E-state index contributed by atoms with van der Waals surface area (Å²) in [6.07, 6.45) is 0. The number of methoxy groups -OCH3 is 1. The summed E-state index contributed by atoms with van der Waals surface area (Å²) in [5.74, 6) is 0.839. The van der Waals surface area contributed by atoms with Gasteiger partial charge in [-0.15, -0.1) is 0 Å². The molecule has 0 unspecified atom stereocenters. The first-order valence-electron chi connectivity index (χ1n) is 4.84. The second kappa shape index (κ2) is 6.10. The van der Waals surface area contributed by atoms with E-state index < -0.39 is 0 Å². The van der Waals surface area contributed by atoms with Gasteiger partial charge >= 0.3 is 0 Å². The van der Waals surface area contributed by atoms with Gasteiger partial charge < -0.3 is 15.2 Å². The number of hydrogen-bond donors (Lipinski definition) is 2. The van der Waals surface area contributed by atoms with Crippen LogP contribution in [-0.2, 0) is 6.54 Å². The van der Waals surface area contributed by atoms with Gasteiger partial charge in [-0.05, 0) is 30.7 Å². The maximum Gasteiger partial charge on any atom is 0.119 e. The Hall–Kier alpha value is -0.580. The van der Waals surface area contributed by atoms with E-state index in [1.54, 1.807) is 7.11 Å². The van der Waals surface area contributed by atoms with Gasteiger partial charge in [0.15, 0.2) is 0 Å². The SMILES string of the molecule is COc1ccc(Br)c(CN[C@H](C)CO)c1. The van der Waals surface area contributed by atoms with Crippen LogP contribution in [0.25, 0.3) is 0 Å². The average molecular weight is 274 g/mol. The normalized spacial score (nSPS) is 12.5. The summed E-state index contributed by atoms with van der Waals surface area (Å²) in [6, 6.07) is 5.94. The Balaban J connectivity index is 2.66. The Kier molecular flexibility index (Phi) is 5.08. The lowest BCUT2D eigenvalue weighted by molar-refractivity contribution is 0.251. The molecule has 0 aliphatic carbocycles. The second-order valence-electron chi connectivity index (χ2n) is 3.42. The predicted molar refractivity (Wildman–Crippen MR) is 64.1 cm³/mol. The van der Waals surface area contributed by atoms with Gasteiger partial charge in [0.2, 0.25) is 0 Å². The van der Waals surface area contributed by atoms with Crippen LogP contribution in [0.1, 0.15) is 12.5 Å². The van der Waals surface area contributed by atoms with Crippen molar-refractivity contribution in [3.63, 3.8) is 0 Å². The van der Waals surface area contributed by atoms with Crippen LogP contribution < -0.4 is 10.1 Å². The molecule has 1 aromatic carbocycles. The van der Waals surface area contributed by atoms with Crippen molar-refractivity contribution in [2.45, 2.75) is 19.5 Å². The van der Waals surface area contributed by atoms with Gasteiger partial charge in [0.25, 0.3) is 0 Å². The fourth-order valence-corrected chi connectivity index (χ4v) is 1.55. The highest BCUT2D eigenvalue weighted by Crippen LogP contribution is 2.22. The lowest BCUT2D eigenvalue weighted by Crippen LogP contribution is -2.28. The highest BCUT2D eigenvalue weighted by Gasteiger charge is 2.04. The van der Waals surface area contributed by atoms with Gasteiger partial charge in [-0.3, -0.25) is 0 Å². The lowest BCUT2D eigenvalue weighted by atomic mass is 10.2. The van der Waals surface area contributed by atoms with E-state index in [2.05, 4.69) is 21.2 Å². The van der Waals surface area contributed by atoms with Crippen molar-refractivity contribution in [1.82, 2.24) is 5.32 Å². The van der Waals surface area contributed by atoms with Crippen LogP contribution in [0.3, 0.4) is 0 Å². The molecule has 0 saturated heterocycles. The molecule has 4 heteroatoms. The Morgan fingerprint density at radius 3 is 2.87 bits per heavy atom. The fourth-order valence-electron chi connectivity index (χ4n) is 1.16. The fraction of sp³-hybridized carbons (Fsp3) is 0.455. The number of ether oxygens (including phenoxy) is 1. The number of rotatable bonds is 5. The van der Waals surface area contributed by atoms with E-state index in [9.17, 15) is 0 Å². The van der Waals surface area contributed by atoms with Crippen molar-refractivity contribution in [2.24, 2.45) is 0 Å². The van der Waals surface area contributed by atoms with Gasteiger partial charge in [-0.25, -0.2) is 0 Å². The van der Waals surface area contributed by atoms with Crippen molar-refractivity contribution < 1.29 is 9.84 Å². The van der Waals surface area contributed by atoms with E-state index in [1.165, 1.54) is 0 Å². The molecule has 0 fully saturated rings. The molecule has 0 radical (unpaired) electrons. The largest absolute Gasteiger partial charge is 0.497 e. The summed E-state index contributed by atoms with van der Waals surface area (Å²) in [6.45, 7) is 2.79. The van der Waals surface area contributed by atoms with Crippen molar-refractivity contribution in [2.75, 3.05) is 13.7 Å². The number of halogens is 1. The minimum atomic E-state index is 0.100. The van der Waals surface area contributed by atoms with E-state index in [-0.39, 0.29) is 12.6 Å². The standard InChI is InChI=1S/C11H16BrNO2/c1-8(7-14)13-6-9-5-10(15-2)3-4-11(9)12/h3-5,8,13-14H,6-7H2,1-2H3/t8-/m1/s1. The van der Waals surface area contributed by atoms with Crippen molar-refractivity contribution >= 4 is 15.9 Å². The third-order valence-corrected chi connectivity index (χ3v) is 2.94. The molecule has 3 nitrogen and oxygen atoms in total. The molecule has 1 atom stereocenters. The molecule has 0 aliphatic heterocycles. The summed E-state index contributed by atoms with van der Waals surface area (Å²) in [4.78, 5) is 0. The molecule has 1 aromatic rings. The number of aliphatic hydroxyl groups excluding tert-OH is 1. The first-order valence-corrected chi connectivity index (χ1v) is 5.63. The Morgan fingerprint density at radius 1 is 1.53 bits per heavy atom. The summed E-state index contributed by atoms with van der Waals surface area (Å²) >= 11 is 3.47. The Labute approximate surface area is 98.6 Å². The maximum atomic E-state index is 8.88. The molecule has 0 bridgehead atoms. The minimum Gasteiger partial charge on any atom is -0.497 e. The van der Waals surface area contributed by atoms with Crippen LogP contribution in [0.2, 0.25) is 0 Å². The van der Waals surface area contributed by atoms with Crippen LogP contribution in [0, 0.1) is 0 Å². The highest BCUT2D eigenvalue weighted by molar-refractivity contribution is 9.10. The van der Waals surface area contributed by atoms with E-state index in [4.69, 9.17) is 9.84 Å². The maximum absolute atomic E-state index is 8.88. The quantitative estimate of drug-likeness (QED) is 0.862. The van der Waals surface area contributed by atoms with Crippen LogP contribution in [0.5, 0.6) is 5.75 Å². The molecule has 2 N–H and O–H groups in total. The zero-order valence-electron chi connectivity index (χ0n) is 8.96. The van der Waals surface area contributed by atoms with Crippen molar-refractivity contribution in [1.29, 1.82) is 0 Å². The summed E-state index contributed by atoms with van der Waals surface area (Å²) in [7, 11) is 1.65. The van der Waals surface area contributed by atoms with Gasteiger partial charge in [0, 0.05) is 17.1 Å². The summed E-state index contributed by atoms with van der Waals surface area (Å²) < 4.78 is 6.19. The molecular weight excluding hydrogens is 258 g/mol. The third kappa shape index (κ3) is 3.81. The van der Waals surface area contributed by atoms with Crippen molar-refractivity contribution in [3.8, 4) is 5.75 Å². The minimum absolute atomic E-state index is 0.100. The lowest BCUT2D eigenvalue weighted by Gasteiger charge is -2.12. The molecule has 1 rings (SSSR count). The first-order chi connectivity index (χ1) is 7.17. The van der Waals surface area contributed by atoms with Gasteiger partial charge in [0.05, 0.1) is 13.7 Å². The summed E-state index contributed by atoms with van der Waals surface area (Å²) in [5, 5.41) is 12.1. The highest BCUT2D eigenvalue weighted by atomic mass is 79.9.